The van der Waals surface area contributed by atoms with Gasteiger partial charge in [0.2, 0.25) is 5.89 Å². The van der Waals surface area contributed by atoms with E-state index in [4.69, 9.17) is 10.2 Å². The van der Waals surface area contributed by atoms with Crippen molar-refractivity contribution in [3.63, 3.8) is 0 Å². The minimum atomic E-state index is 0.717. The van der Waals surface area contributed by atoms with E-state index in [0.717, 1.165) is 41.7 Å². The Hall–Kier alpha value is -1.55. The minimum Gasteiger partial charge on any atom is -0.439 e. The van der Waals surface area contributed by atoms with Crippen molar-refractivity contribution in [3.05, 3.63) is 24.1 Å². The molecule has 0 unspecified atom stereocenters. The van der Waals surface area contributed by atoms with Crippen LogP contribution < -0.4 is 5.73 Å². The first-order valence-electron chi connectivity index (χ1n) is 7.04. The number of oxazole rings is 1. The average molecular weight is 259 g/mol. The van der Waals surface area contributed by atoms with Gasteiger partial charge in [-0.15, -0.1) is 0 Å². The Morgan fingerprint density at radius 3 is 2.95 bits per heavy atom. The van der Waals surface area contributed by atoms with Crippen molar-refractivity contribution < 1.29 is 4.42 Å². The lowest BCUT2D eigenvalue weighted by molar-refractivity contribution is 0.249. The molecule has 0 bridgehead atoms. The summed E-state index contributed by atoms with van der Waals surface area (Å²) in [5.74, 6) is 1.63. The number of nitrogens with two attached hydrogens (primary N) is 1. The van der Waals surface area contributed by atoms with Crippen LogP contribution in [0, 0.1) is 5.92 Å². The van der Waals surface area contributed by atoms with Crippen LogP contribution in [0.25, 0.3) is 11.1 Å². The predicted octanol–water partition coefficient (Wildman–Crippen LogP) is 3.03. The smallest absolute Gasteiger partial charge is 0.209 e. The highest BCUT2D eigenvalue weighted by Gasteiger charge is 2.18. The molecule has 1 fully saturated rings. The Morgan fingerprint density at radius 1 is 1.37 bits per heavy atom. The first-order chi connectivity index (χ1) is 9.20. The van der Waals surface area contributed by atoms with E-state index in [2.05, 4.69) is 16.9 Å². The number of benzene rings is 1. The molecule has 2 aromatic rings. The topological polar surface area (TPSA) is 55.3 Å². The summed E-state index contributed by atoms with van der Waals surface area (Å²) >= 11 is 0. The Balaban J connectivity index is 1.66. The first kappa shape index (κ1) is 12.5. The number of rotatable bonds is 4. The van der Waals surface area contributed by atoms with E-state index in [1.165, 1.54) is 25.7 Å². The number of aromatic nitrogens is 1. The molecule has 1 aliphatic carbocycles. The van der Waals surface area contributed by atoms with Crippen LogP contribution >= 0.6 is 0 Å². The van der Waals surface area contributed by atoms with Gasteiger partial charge in [0.25, 0.3) is 0 Å². The van der Waals surface area contributed by atoms with Crippen LogP contribution in [0.2, 0.25) is 0 Å². The second-order valence-corrected chi connectivity index (χ2v) is 5.68. The van der Waals surface area contributed by atoms with E-state index in [-0.39, 0.29) is 0 Å². The molecule has 0 atom stereocenters. The van der Waals surface area contributed by atoms with Gasteiger partial charge < -0.3 is 10.2 Å². The summed E-state index contributed by atoms with van der Waals surface area (Å²) in [5.41, 5.74) is 8.13. The van der Waals surface area contributed by atoms with Crippen molar-refractivity contribution >= 4 is 16.8 Å². The molecule has 1 saturated carbocycles. The van der Waals surface area contributed by atoms with Crippen LogP contribution in [0.1, 0.15) is 31.6 Å². The summed E-state index contributed by atoms with van der Waals surface area (Å²) in [7, 11) is 2.14. The maximum atomic E-state index is 5.75. The summed E-state index contributed by atoms with van der Waals surface area (Å²) in [6.45, 7) is 1.91. The molecule has 3 rings (SSSR count). The number of nitrogens with zero attached hydrogens (tertiary/aromatic N) is 2. The lowest BCUT2D eigenvalue weighted by Crippen LogP contribution is -2.24. The van der Waals surface area contributed by atoms with Gasteiger partial charge in [0, 0.05) is 18.3 Å². The predicted molar refractivity (Wildman–Crippen MR) is 76.7 cm³/mol. The van der Waals surface area contributed by atoms with Crippen LogP contribution in [0.4, 0.5) is 5.69 Å². The van der Waals surface area contributed by atoms with Gasteiger partial charge in [-0.05, 0) is 37.9 Å². The van der Waals surface area contributed by atoms with Gasteiger partial charge >= 0.3 is 0 Å². The van der Waals surface area contributed by atoms with E-state index >= 15 is 0 Å². The normalized spacial score (nSPS) is 16.7. The number of nitrogen functional groups attached to an aromatic ring is 1. The Kier molecular flexibility index (Phi) is 3.42. The minimum absolute atomic E-state index is 0.717. The summed E-state index contributed by atoms with van der Waals surface area (Å²) < 4.78 is 5.75. The molecule has 19 heavy (non-hydrogen) atoms. The fraction of sp³-hybridized carbons (Fsp3) is 0.533. The Bertz CT molecular complexity index is 558. The molecule has 1 aromatic heterocycles. The second-order valence-electron chi connectivity index (χ2n) is 5.68. The van der Waals surface area contributed by atoms with E-state index < -0.39 is 0 Å². The first-order valence-corrected chi connectivity index (χ1v) is 7.04. The fourth-order valence-electron chi connectivity index (χ4n) is 2.99. The number of hydrogen-bond acceptors (Lipinski definition) is 4. The SMILES string of the molecule is CN(Cc1nc2ccc(N)cc2o1)CC1CCCC1. The van der Waals surface area contributed by atoms with E-state index in [1.54, 1.807) is 0 Å². The summed E-state index contributed by atoms with van der Waals surface area (Å²) in [6, 6.07) is 5.61. The van der Waals surface area contributed by atoms with Crippen LogP contribution in [-0.4, -0.2) is 23.5 Å². The van der Waals surface area contributed by atoms with Gasteiger partial charge in [-0.3, -0.25) is 4.90 Å². The highest BCUT2D eigenvalue weighted by molar-refractivity contribution is 5.76. The number of anilines is 1. The number of fused-ring (bicyclic) bond motifs is 1. The Morgan fingerprint density at radius 2 is 2.16 bits per heavy atom. The Labute approximate surface area is 113 Å². The zero-order chi connectivity index (χ0) is 13.2. The summed E-state index contributed by atoms with van der Waals surface area (Å²) in [6.07, 6.45) is 5.52. The highest BCUT2D eigenvalue weighted by Crippen LogP contribution is 2.26. The zero-order valence-corrected chi connectivity index (χ0v) is 11.4. The molecule has 1 heterocycles. The average Bonchev–Trinajstić information content (AvgIpc) is 2.97. The second kappa shape index (κ2) is 5.21. The van der Waals surface area contributed by atoms with Crippen LogP contribution in [0.15, 0.2) is 22.6 Å². The monoisotopic (exact) mass is 259 g/mol. The van der Waals surface area contributed by atoms with Gasteiger partial charge in [0.1, 0.15) is 5.52 Å². The molecule has 1 aromatic carbocycles. The maximum absolute atomic E-state index is 5.75. The third kappa shape index (κ3) is 2.89. The van der Waals surface area contributed by atoms with Gasteiger partial charge in [-0.25, -0.2) is 4.98 Å². The van der Waals surface area contributed by atoms with Crippen molar-refractivity contribution in [2.75, 3.05) is 19.3 Å². The maximum Gasteiger partial charge on any atom is 0.209 e. The molecular formula is C15H21N3O. The van der Waals surface area contributed by atoms with Crippen molar-refractivity contribution in [1.29, 1.82) is 0 Å². The molecule has 1 aliphatic rings. The molecule has 0 saturated heterocycles. The third-order valence-electron chi connectivity index (χ3n) is 3.91. The molecule has 2 N–H and O–H groups in total. The lowest BCUT2D eigenvalue weighted by atomic mass is 10.1. The van der Waals surface area contributed by atoms with E-state index in [0.29, 0.717) is 0 Å². The van der Waals surface area contributed by atoms with Gasteiger partial charge in [-0.2, -0.15) is 0 Å². The summed E-state index contributed by atoms with van der Waals surface area (Å²) in [4.78, 5) is 6.81. The number of hydrogen-bond donors (Lipinski definition) is 1. The standard InChI is InChI=1S/C15H21N3O/c1-18(9-11-4-2-3-5-11)10-15-17-13-7-6-12(16)8-14(13)19-15/h6-8,11H,2-5,9-10,16H2,1H3. The quantitative estimate of drug-likeness (QED) is 0.857. The molecule has 0 aliphatic heterocycles. The largest absolute Gasteiger partial charge is 0.439 e. The summed E-state index contributed by atoms with van der Waals surface area (Å²) in [5, 5.41) is 0. The lowest BCUT2D eigenvalue weighted by Gasteiger charge is -2.18. The third-order valence-corrected chi connectivity index (χ3v) is 3.91. The zero-order valence-electron chi connectivity index (χ0n) is 11.4. The highest BCUT2D eigenvalue weighted by atomic mass is 16.3. The van der Waals surface area contributed by atoms with Crippen molar-refractivity contribution in [3.8, 4) is 0 Å². The van der Waals surface area contributed by atoms with Crippen molar-refractivity contribution in [2.45, 2.75) is 32.2 Å². The van der Waals surface area contributed by atoms with Gasteiger partial charge in [-0.1, -0.05) is 12.8 Å². The van der Waals surface area contributed by atoms with Gasteiger partial charge in [0.05, 0.1) is 6.54 Å². The molecule has 4 heteroatoms. The fourth-order valence-corrected chi connectivity index (χ4v) is 2.99. The van der Waals surface area contributed by atoms with E-state index in [1.807, 2.05) is 18.2 Å². The molecule has 0 spiro atoms. The van der Waals surface area contributed by atoms with E-state index in [9.17, 15) is 0 Å². The molecule has 0 radical (unpaired) electrons. The van der Waals surface area contributed by atoms with Crippen molar-refractivity contribution in [1.82, 2.24) is 9.88 Å². The molecule has 4 nitrogen and oxygen atoms in total. The van der Waals surface area contributed by atoms with Gasteiger partial charge in [0.15, 0.2) is 5.58 Å². The van der Waals surface area contributed by atoms with Crippen LogP contribution in [0.3, 0.4) is 0 Å². The van der Waals surface area contributed by atoms with Crippen LogP contribution in [-0.2, 0) is 6.54 Å². The van der Waals surface area contributed by atoms with Crippen molar-refractivity contribution in [2.24, 2.45) is 5.92 Å². The molecular weight excluding hydrogens is 238 g/mol. The van der Waals surface area contributed by atoms with Crippen LogP contribution in [0.5, 0.6) is 0 Å². The molecule has 0 amide bonds. The molecule has 102 valence electrons.